The Bertz CT molecular complexity index is 573. The van der Waals surface area contributed by atoms with Gasteiger partial charge in [0.25, 0.3) is 5.91 Å². The van der Waals surface area contributed by atoms with Crippen LogP contribution in [0.25, 0.3) is 0 Å². The number of carbonyl (C=O) groups is 1. The summed E-state index contributed by atoms with van der Waals surface area (Å²) in [6.45, 7) is 3.99. The van der Waals surface area contributed by atoms with Gasteiger partial charge in [0.15, 0.2) is 5.75 Å². The Morgan fingerprint density at radius 1 is 1.32 bits per heavy atom. The van der Waals surface area contributed by atoms with Gasteiger partial charge in [0.1, 0.15) is 0 Å². The maximum absolute atomic E-state index is 12.3. The van der Waals surface area contributed by atoms with Crippen LogP contribution in [0.4, 0.5) is 5.95 Å². The third kappa shape index (κ3) is 2.73. The lowest BCUT2D eigenvalue weighted by atomic mass is 10.3. The van der Waals surface area contributed by atoms with E-state index in [1.165, 1.54) is 28.6 Å². The number of carbonyl (C=O) groups excluding carboxylic acids is 1. The second-order valence-electron chi connectivity index (χ2n) is 4.14. The first-order chi connectivity index (χ1) is 9.02. The number of nitrogens with zero attached hydrogens (tertiary/aromatic N) is 3. The van der Waals surface area contributed by atoms with Crippen LogP contribution < -0.4 is 9.64 Å². The molecule has 2 aromatic rings. The van der Waals surface area contributed by atoms with Gasteiger partial charge in [0.05, 0.1) is 24.4 Å². The monoisotopic (exact) mass is 277 g/mol. The molecule has 0 atom stereocenters. The van der Waals surface area contributed by atoms with Gasteiger partial charge in [-0.15, -0.1) is 11.3 Å². The number of ether oxygens (including phenoxy) is 1. The fourth-order valence-electron chi connectivity index (χ4n) is 1.52. The van der Waals surface area contributed by atoms with Crippen molar-refractivity contribution in [3.05, 3.63) is 33.8 Å². The number of anilines is 1. The number of thiophene rings is 1. The fourth-order valence-corrected chi connectivity index (χ4v) is 2.53. The largest absolute Gasteiger partial charge is 0.494 e. The molecule has 0 saturated carbocycles. The van der Waals surface area contributed by atoms with E-state index in [4.69, 9.17) is 4.74 Å². The van der Waals surface area contributed by atoms with E-state index in [0.29, 0.717) is 16.6 Å². The van der Waals surface area contributed by atoms with Gasteiger partial charge in [-0.05, 0) is 25.5 Å². The zero-order valence-corrected chi connectivity index (χ0v) is 12.1. The number of aromatic nitrogens is 2. The first-order valence-corrected chi connectivity index (χ1v) is 6.55. The molecule has 0 saturated heterocycles. The van der Waals surface area contributed by atoms with Gasteiger partial charge in [0.2, 0.25) is 5.95 Å². The van der Waals surface area contributed by atoms with Crippen LogP contribution in [0.5, 0.6) is 5.75 Å². The van der Waals surface area contributed by atoms with E-state index in [2.05, 4.69) is 9.97 Å². The van der Waals surface area contributed by atoms with E-state index in [9.17, 15) is 4.79 Å². The van der Waals surface area contributed by atoms with Gasteiger partial charge in [-0.3, -0.25) is 9.69 Å². The predicted molar refractivity (Wildman–Crippen MR) is 75.1 cm³/mol. The van der Waals surface area contributed by atoms with Crippen LogP contribution in [0.1, 0.15) is 20.1 Å². The number of hydrogen-bond donors (Lipinski definition) is 0. The number of rotatable bonds is 3. The summed E-state index contributed by atoms with van der Waals surface area (Å²) in [6, 6.07) is 1.89. The van der Waals surface area contributed by atoms with E-state index in [1.54, 1.807) is 14.2 Å². The molecule has 0 radical (unpaired) electrons. The minimum atomic E-state index is -0.105. The summed E-state index contributed by atoms with van der Waals surface area (Å²) >= 11 is 1.48. The highest BCUT2D eigenvalue weighted by Gasteiger charge is 2.18. The first kappa shape index (κ1) is 13.5. The highest BCUT2D eigenvalue weighted by molar-refractivity contribution is 7.14. The molecule has 6 heteroatoms. The summed E-state index contributed by atoms with van der Waals surface area (Å²) in [4.78, 5) is 23.8. The molecule has 1 amide bonds. The minimum absolute atomic E-state index is 0.105. The van der Waals surface area contributed by atoms with Crippen molar-refractivity contribution < 1.29 is 9.53 Å². The molecule has 0 spiro atoms. The summed E-state index contributed by atoms with van der Waals surface area (Å²) in [7, 11) is 3.21. The van der Waals surface area contributed by atoms with Crippen LogP contribution in [-0.2, 0) is 0 Å². The molecule has 0 aromatic carbocycles. The molecule has 0 fully saturated rings. The Balaban J connectivity index is 2.22. The van der Waals surface area contributed by atoms with Gasteiger partial charge < -0.3 is 4.74 Å². The standard InChI is InChI=1S/C13H15N3O2S/c1-8-5-11(19-9(8)2)12(17)16(3)13-14-6-10(18-4)7-15-13/h5-7H,1-4H3. The number of methoxy groups -OCH3 is 1. The molecule has 2 aromatic heterocycles. The van der Waals surface area contributed by atoms with Gasteiger partial charge in [-0.25, -0.2) is 9.97 Å². The molecule has 0 unspecified atom stereocenters. The van der Waals surface area contributed by atoms with Gasteiger partial charge >= 0.3 is 0 Å². The van der Waals surface area contributed by atoms with Crippen molar-refractivity contribution in [1.82, 2.24) is 9.97 Å². The molecule has 0 aliphatic rings. The Morgan fingerprint density at radius 2 is 1.95 bits per heavy atom. The Labute approximate surface area is 115 Å². The van der Waals surface area contributed by atoms with Crippen molar-refractivity contribution in [2.45, 2.75) is 13.8 Å². The van der Waals surface area contributed by atoms with Crippen molar-refractivity contribution in [3.8, 4) is 5.75 Å². The maximum atomic E-state index is 12.3. The average Bonchev–Trinajstić information content (AvgIpc) is 2.77. The minimum Gasteiger partial charge on any atom is -0.494 e. The quantitative estimate of drug-likeness (QED) is 0.864. The van der Waals surface area contributed by atoms with E-state index in [-0.39, 0.29) is 5.91 Å². The van der Waals surface area contributed by atoms with Crippen LogP contribution in [0.15, 0.2) is 18.5 Å². The van der Waals surface area contributed by atoms with E-state index >= 15 is 0 Å². The number of hydrogen-bond acceptors (Lipinski definition) is 5. The van der Waals surface area contributed by atoms with Crippen LogP contribution >= 0.6 is 11.3 Å². The molecule has 5 nitrogen and oxygen atoms in total. The van der Waals surface area contributed by atoms with Crippen molar-refractivity contribution in [1.29, 1.82) is 0 Å². The maximum Gasteiger partial charge on any atom is 0.270 e. The summed E-state index contributed by atoms with van der Waals surface area (Å²) in [5.74, 6) is 0.813. The van der Waals surface area contributed by atoms with Gasteiger partial charge in [-0.2, -0.15) is 0 Å². The van der Waals surface area contributed by atoms with E-state index in [0.717, 1.165) is 10.4 Å². The van der Waals surface area contributed by atoms with Gasteiger partial charge in [-0.1, -0.05) is 0 Å². The lowest BCUT2D eigenvalue weighted by Gasteiger charge is -2.13. The van der Waals surface area contributed by atoms with Crippen molar-refractivity contribution in [3.63, 3.8) is 0 Å². The average molecular weight is 277 g/mol. The second-order valence-corrected chi connectivity index (χ2v) is 5.39. The molecule has 19 heavy (non-hydrogen) atoms. The topological polar surface area (TPSA) is 55.3 Å². The third-order valence-corrected chi connectivity index (χ3v) is 3.97. The van der Waals surface area contributed by atoms with Crippen molar-refractivity contribution >= 4 is 23.2 Å². The predicted octanol–water partition coefficient (Wildman–Crippen LogP) is 2.44. The fraction of sp³-hybridized carbons (Fsp3) is 0.308. The normalized spacial score (nSPS) is 10.3. The Morgan fingerprint density at radius 3 is 2.42 bits per heavy atom. The van der Waals surface area contributed by atoms with Crippen molar-refractivity contribution in [2.24, 2.45) is 0 Å². The van der Waals surface area contributed by atoms with Crippen LogP contribution in [0.2, 0.25) is 0 Å². The highest BCUT2D eigenvalue weighted by atomic mass is 32.1. The molecular formula is C13H15N3O2S. The number of aryl methyl sites for hydroxylation is 2. The molecular weight excluding hydrogens is 262 g/mol. The summed E-state index contributed by atoms with van der Waals surface area (Å²) in [6.07, 6.45) is 3.08. The first-order valence-electron chi connectivity index (χ1n) is 5.74. The van der Waals surface area contributed by atoms with Crippen LogP contribution in [0, 0.1) is 13.8 Å². The molecule has 0 aliphatic carbocycles. The van der Waals surface area contributed by atoms with E-state index in [1.807, 2.05) is 19.9 Å². The third-order valence-electron chi connectivity index (χ3n) is 2.83. The SMILES string of the molecule is COc1cnc(N(C)C(=O)c2cc(C)c(C)s2)nc1. The zero-order chi connectivity index (χ0) is 14.0. The molecule has 2 heterocycles. The molecule has 0 bridgehead atoms. The molecule has 2 rings (SSSR count). The highest BCUT2D eigenvalue weighted by Crippen LogP contribution is 2.23. The van der Waals surface area contributed by atoms with Crippen LogP contribution in [-0.4, -0.2) is 30.0 Å². The lowest BCUT2D eigenvalue weighted by Crippen LogP contribution is -2.27. The Hall–Kier alpha value is -1.95. The van der Waals surface area contributed by atoms with Crippen molar-refractivity contribution in [2.75, 3.05) is 19.1 Å². The second kappa shape index (κ2) is 5.36. The summed E-state index contributed by atoms with van der Waals surface area (Å²) in [5, 5.41) is 0. The van der Waals surface area contributed by atoms with Gasteiger partial charge in [0, 0.05) is 11.9 Å². The summed E-state index contributed by atoms with van der Waals surface area (Å²) < 4.78 is 4.99. The smallest absolute Gasteiger partial charge is 0.270 e. The zero-order valence-electron chi connectivity index (χ0n) is 11.3. The Kier molecular flexibility index (Phi) is 3.80. The molecule has 0 aliphatic heterocycles. The summed E-state index contributed by atoms with van der Waals surface area (Å²) in [5.41, 5.74) is 1.12. The van der Waals surface area contributed by atoms with Crippen LogP contribution in [0.3, 0.4) is 0 Å². The lowest BCUT2D eigenvalue weighted by molar-refractivity contribution is 0.0995. The number of amides is 1. The van der Waals surface area contributed by atoms with E-state index < -0.39 is 0 Å². The molecule has 100 valence electrons. The molecule has 0 N–H and O–H groups in total.